The first-order valence-electron chi connectivity index (χ1n) is 11.3. The van der Waals surface area contributed by atoms with Crippen LogP contribution in [0.3, 0.4) is 0 Å². The molecule has 1 N–H and O–H groups in total. The van der Waals surface area contributed by atoms with Crippen molar-refractivity contribution in [3.63, 3.8) is 0 Å². The van der Waals surface area contributed by atoms with Crippen molar-refractivity contribution in [2.75, 3.05) is 19.5 Å². The molecule has 0 spiro atoms. The monoisotopic (exact) mass is 466 g/mol. The third-order valence-electron chi connectivity index (χ3n) is 5.69. The summed E-state index contributed by atoms with van der Waals surface area (Å²) in [5, 5.41) is 12.5. The number of aromatic nitrogens is 3. The van der Waals surface area contributed by atoms with Crippen LogP contribution in [0.25, 0.3) is 11.1 Å². The lowest BCUT2D eigenvalue weighted by molar-refractivity contribution is -0.119. The fourth-order valence-corrected chi connectivity index (χ4v) is 4.79. The van der Waals surface area contributed by atoms with E-state index in [1.165, 1.54) is 24.6 Å². The third kappa shape index (κ3) is 6.36. The van der Waals surface area contributed by atoms with E-state index >= 15 is 0 Å². The number of carbonyl (C=O) groups is 1. The molecule has 1 aromatic heterocycles. The van der Waals surface area contributed by atoms with Crippen LogP contribution in [0.5, 0.6) is 5.75 Å². The Morgan fingerprint density at radius 2 is 1.85 bits per heavy atom. The molecule has 174 valence electrons. The Hall–Kier alpha value is -2.84. The van der Waals surface area contributed by atoms with Crippen molar-refractivity contribution in [2.24, 2.45) is 0 Å². The van der Waals surface area contributed by atoms with Crippen molar-refractivity contribution >= 4 is 17.7 Å². The molecule has 1 aliphatic carbocycles. The molecule has 1 aliphatic rings. The zero-order valence-corrected chi connectivity index (χ0v) is 19.7. The fourth-order valence-electron chi connectivity index (χ4n) is 4.00. The number of hydrogen-bond donors (Lipinski definition) is 1. The van der Waals surface area contributed by atoms with E-state index in [-0.39, 0.29) is 12.5 Å². The molecular formula is C25H30N4O3S. The molecular weight excluding hydrogens is 436 g/mol. The second kappa shape index (κ2) is 11.9. The van der Waals surface area contributed by atoms with Crippen LogP contribution in [0.4, 0.5) is 0 Å². The van der Waals surface area contributed by atoms with Gasteiger partial charge in [-0.15, -0.1) is 10.2 Å². The van der Waals surface area contributed by atoms with Crippen LogP contribution in [0.1, 0.15) is 31.5 Å². The normalized spacial score (nSPS) is 13.8. The molecule has 4 rings (SSSR count). The first kappa shape index (κ1) is 23.3. The van der Waals surface area contributed by atoms with E-state index < -0.39 is 0 Å². The van der Waals surface area contributed by atoms with Crippen LogP contribution < -0.4 is 10.1 Å². The van der Waals surface area contributed by atoms with E-state index in [1.54, 1.807) is 7.11 Å². The van der Waals surface area contributed by atoms with Crippen molar-refractivity contribution in [1.82, 2.24) is 20.1 Å². The zero-order chi connectivity index (χ0) is 22.9. The lowest BCUT2D eigenvalue weighted by Crippen LogP contribution is -2.33. The van der Waals surface area contributed by atoms with Gasteiger partial charge in [0, 0.05) is 25.3 Å². The number of ether oxygens (including phenoxy) is 2. The predicted molar refractivity (Wildman–Crippen MR) is 129 cm³/mol. The lowest BCUT2D eigenvalue weighted by atomic mass is 10.1. The molecule has 1 fully saturated rings. The Morgan fingerprint density at radius 3 is 2.64 bits per heavy atom. The number of rotatable bonds is 11. The van der Waals surface area contributed by atoms with Crippen LogP contribution in [-0.2, 0) is 22.7 Å². The average molecular weight is 467 g/mol. The molecule has 0 aliphatic heterocycles. The summed E-state index contributed by atoms with van der Waals surface area (Å²) in [7, 11) is 1.67. The summed E-state index contributed by atoms with van der Waals surface area (Å²) < 4.78 is 13.4. The zero-order valence-electron chi connectivity index (χ0n) is 18.9. The van der Waals surface area contributed by atoms with E-state index in [0.717, 1.165) is 29.7 Å². The van der Waals surface area contributed by atoms with Gasteiger partial charge in [-0.25, -0.2) is 0 Å². The van der Waals surface area contributed by atoms with Gasteiger partial charge in [0.15, 0.2) is 11.0 Å². The molecule has 0 radical (unpaired) electrons. The highest BCUT2D eigenvalue weighted by Gasteiger charge is 2.19. The molecule has 1 amide bonds. The summed E-state index contributed by atoms with van der Waals surface area (Å²) >= 11 is 1.40. The lowest BCUT2D eigenvalue weighted by Gasteiger charge is -2.14. The molecule has 0 unspecified atom stereocenters. The minimum atomic E-state index is 0.0442. The Labute approximate surface area is 198 Å². The summed E-state index contributed by atoms with van der Waals surface area (Å²) in [5.41, 5.74) is 2.12. The van der Waals surface area contributed by atoms with E-state index in [1.807, 2.05) is 47.0 Å². The molecule has 0 atom stereocenters. The largest absolute Gasteiger partial charge is 0.485 e. The number of methoxy groups -OCH3 is 1. The summed E-state index contributed by atoms with van der Waals surface area (Å²) in [5.74, 6) is 1.85. The van der Waals surface area contributed by atoms with Crippen molar-refractivity contribution in [3.8, 4) is 16.9 Å². The SMILES string of the molecule is COCCn1c(COc2ccccc2-c2ccccc2)nnc1SCC(=O)NC1CCCC1. The van der Waals surface area contributed by atoms with Gasteiger partial charge in [-0.2, -0.15) is 0 Å². The van der Waals surface area contributed by atoms with Gasteiger partial charge in [0.1, 0.15) is 12.4 Å². The van der Waals surface area contributed by atoms with Crippen LogP contribution >= 0.6 is 11.8 Å². The van der Waals surface area contributed by atoms with Gasteiger partial charge in [-0.1, -0.05) is 73.1 Å². The maximum Gasteiger partial charge on any atom is 0.230 e. The van der Waals surface area contributed by atoms with Gasteiger partial charge in [0.2, 0.25) is 5.91 Å². The first-order chi connectivity index (χ1) is 16.2. The van der Waals surface area contributed by atoms with Gasteiger partial charge in [0.25, 0.3) is 0 Å². The molecule has 7 nitrogen and oxygen atoms in total. The quantitative estimate of drug-likeness (QED) is 0.424. The highest BCUT2D eigenvalue weighted by Crippen LogP contribution is 2.30. The Balaban J connectivity index is 1.42. The van der Waals surface area contributed by atoms with Crippen LogP contribution in [0, 0.1) is 0 Å². The molecule has 0 saturated heterocycles. The molecule has 8 heteroatoms. The highest BCUT2D eigenvalue weighted by atomic mass is 32.2. The van der Waals surface area contributed by atoms with Crippen LogP contribution in [0.15, 0.2) is 59.8 Å². The van der Waals surface area contributed by atoms with Crippen molar-refractivity contribution in [2.45, 2.75) is 50.0 Å². The Bertz CT molecular complexity index is 1040. The number of carbonyl (C=O) groups excluding carboxylic acids is 1. The van der Waals surface area contributed by atoms with Gasteiger partial charge in [0.05, 0.1) is 12.4 Å². The maximum atomic E-state index is 12.3. The molecule has 3 aromatic rings. The summed E-state index contributed by atoms with van der Waals surface area (Å²) in [6.45, 7) is 1.39. The number of para-hydroxylation sites is 1. The van der Waals surface area contributed by atoms with Gasteiger partial charge in [-0.05, 0) is 24.5 Å². The maximum absolute atomic E-state index is 12.3. The minimum absolute atomic E-state index is 0.0442. The number of amides is 1. The predicted octanol–water partition coefficient (Wildman–Crippen LogP) is 4.32. The summed E-state index contributed by atoms with van der Waals surface area (Å²) in [6, 6.07) is 18.4. The van der Waals surface area contributed by atoms with E-state index in [2.05, 4.69) is 27.6 Å². The van der Waals surface area contributed by atoms with Gasteiger partial charge in [-0.3, -0.25) is 4.79 Å². The third-order valence-corrected chi connectivity index (χ3v) is 6.66. The van der Waals surface area contributed by atoms with E-state index in [4.69, 9.17) is 9.47 Å². The number of nitrogens with one attached hydrogen (secondary N) is 1. The van der Waals surface area contributed by atoms with Gasteiger partial charge >= 0.3 is 0 Å². The molecule has 1 heterocycles. The fraction of sp³-hybridized carbons (Fsp3) is 0.400. The molecule has 1 saturated carbocycles. The number of thioether (sulfide) groups is 1. The average Bonchev–Trinajstić information content (AvgIpc) is 3.50. The Kier molecular flexibility index (Phi) is 8.38. The second-order valence-corrected chi connectivity index (χ2v) is 8.97. The number of nitrogens with zero attached hydrogens (tertiary/aromatic N) is 3. The Morgan fingerprint density at radius 1 is 1.09 bits per heavy atom. The minimum Gasteiger partial charge on any atom is -0.485 e. The standard InChI is InChI=1S/C25H30N4O3S/c1-31-16-15-29-23(27-28-25(29)33-18-24(30)26-20-11-5-6-12-20)17-32-22-14-8-7-13-21(22)19-9-3-2-4-10-19/h2-4,7-10,13-14,20H,5-6,11-12,15-18H2,1H3,(H,26,30). The summed E-state index contributed by atoms with van der Waals surface area (Å²) in [6.07, 6.45) is 4.54. The number of benzene rings is 2. The van der Waals surface area contributed by atoms with Crippen LogP contribution in [-0.4, -0.2) is 46.2 Å². The molecule has 33 heavy (non-hydrogen) atoms. The summed E-state index contributed by atoms with van der Waals surface area (Å²) in [4.78, 5) is 12.3. The van der Waals surface area contributed by atoms with E-state index in [0.29, 0.717) is 35.9 Å². The topological polar surface area (TPSA) is 78.3 Å². The van der Waals surface area contributed by atoms with E-state index in [9.17, 15) is 4.79 Å². The van der Waals surface area contributed by atoms with Crippen LogP contribution in [0.2, 0.25) is 0 Å². The van der Waals surface area contributed by atoms with Crippen molar-refractivity contribution < 1.29 is 14.3 Å². The first-order valence-corrected chi connectivity index (χ1v) is 12.3. The number of hydrogen-bond acceptors (Lipinski definition) is 6. The second-order valence-electron chi connectivity index (χ2n) is 8.03. The molecule has 0 bridgehead atoms. The van der Waals surface area contributed by atoms with Crippen molar-refractivity contribution in [3.05, 3.63) is 60.4 Å². The smallest absolute Gasteiger partial charge is 0.230 e. The molecule has 2 aromatic carbocycles. The highest BCUT2D eigenvalue weighted by molar-refractivity contribution is 7.99. The van der Waals surface area contributed by atoms with Crippen molar-refractivity contribution in [1.29, 1.82) is 0 Å². The van der Waals surface area contributed by atoms with Gasteiger partial charge < -0.3 is 19.4 Å².